The summed E-state index contributed by atoms with van der Waals surface area (Å²) >= 11 is 0. The predicted molar refractivity (Wildman–Crippen MR) is 56.3 cm³/mol. The van der Waals surface area contributed by atoms with Crippen molar-refractivity contribution < 1.29 is 9.59 Å². The van der Waals surface area contributed by atoms with E-state index >= 15 is 0 Å². The molecule has 5 heteroatoms. The largest absolute Gasteiger partial charge is 0.372 e. The van der Waals surface area contributed by atoms with Crippen LogP contribution >= 0.6 is 0 Å². The maximum Gasteiger partial charge on any atom is 0.249 e. The number of rotatable bonds is 2. The summed E-state index contributed by atoms with van der Waals surface area (Å²) in [5.41, 5.74) is 1.02. The first-order valence-corrected chi connectivity index (χ1v) is 4.80. The smallest absolute Gasteiger partial charge is 0.249 e. The molecule has 0 spiro atoms. The van der Waals surface area contributed by atoms with Gasteiger partial charge in [0, 0.05) is 0 Å². The van der Waals surface area contributed by atoms with Crippen LogP contribution in [0.3, 0.4) is 0 Å². The number of amides is 2. The maximum atomic E-state index is 11.3. The van der Waals surface area contributed by atoms with Gasteiger partial charge in [0.2, 0.25) is 11.8 Å². The first-order chi connectivity index (χ1) is 7.70. The number of hydrogen-bond donors (Lipinski definition) is 2. The molecule has 0 saturated carbocycles. The van der Waals surface area contributed by atoms with Gasteiger partial charge in [0.25, 0.3) is 0 Å². The molecule has 2 rings (SSSR count). The Morgan fingerprint density at radius 3 is 2.75 bits per heavy atom. The lowest BCUT2D eigenvalue weighted by Gasteiger charge is -2.11. The number of hydrogen-bond acceptors (Lipinski definition) is 4. The van der Waals surface area contributed by atoms with Crippen LogP contribution in [0.5, 0.6) is 0 Å². The van der Waals surface area contributed by atoms with Gasteiger partial charge in [-0.25, -0.2) is 0 Å². The Balaban J connectivity index is 2.19. The molecule has 16 heavy (non-hydrogen) atoms. The first-order valence-electron chi connectivity index (χ1n) is 4.80. The standard InChI is InChI=1S/C11H9N3O2/c12-6-7-3-1-2-4-8(7)13-9-5-10(15)14-11(9)16/h1-4,9,13H,5H2,(H,14,15,16). The van der Waals surface area contributed by atoms with Gasteiger partial charge in [-0.05, 0) is 12.1 Å². The molecule has 1 aromatic rings. The van der Waals surface area contributed by atoms with Gasteiger partial charge in [0.1, 0.15) is 12.1 Å². The molecular formula is C11H9N3O2. The van der Waals surface area contributed by atoms with Crippen molar-refractivity contribution in [3.8, 4) is 6.07 Å². The minimum atomic E-state index is -0.581. The Bertz CT molecular complexity index is 490. The highest BCUT2D eigenvalue weighted by Crippen LogP contribution is 2.17. The predicted octanol–water partition coefficient (Wildman–Crippen LogP) is 0.385. The van der Waals surface area contributed by atoms with Gasteiger partial charge in [0.05, 0.1) is 17.7 Å². The summed E-state index contributed by atoms with van der Waals surface area (Å²) in [5.74, 6) is -0.644. The van der Waals surface area contributed by atoms with Gasteiger partial charge >= 0.3 is 0 Å². The van der Waals surface area contributed by atoms with Gasteiger partial charge < -0.3 is 5.32 Å². The maximum absolute atomic E-state index is 11.3. The lowest BCUT2D eigenvalue weighted by Crippen LogP contribution is -2.30. The highest BCUT2D eigenvalue weighted by atomic mass is 16.2. The Morgan fingerprint density at radius 2 is 2.12 bits per heavy atom. The van der Waals surface area contributed by atoms with Crippen LogP contribution in [0.4, 0.5) is 5.69 Å². The van der Waals surface area contributed by atoms with Crippen LogP contribution in [0.2, 0.25) is 0 Å². The highest BCUT2D eigenvalue weighted by Gasteiger charge is 2.30. The molecule has 1 aliphatic rings. The molecule has 1 heterocycles. The van der Waals surface area contributed by atoms with Crippen molar-refractivity contribution in [2.24, 2.45) is 0 Å². The zero-order chi connectivity index (χ0) is 11.5. The van der Waals surface area contributed by atoms with Gasteiger partial charge in [-0.15, -0.1) is 0 Å². The summed E-state index contributed by atoms with van der Waals surface area (Å²) in [4.78, 5) is 22.3. The highest BCUT2D eigenvalue weighted by molar-refractivity contribution is 6.06. The number of nitrogens with zero attached hydrogens (tertiary/aromatic N) is 1. The Kier molecular flexibility index (Phi) is 2.56. The average molecular weight is 215 g/mol. The number of carbonyl (C=O) groups is 2. The Morgan fingerprint density at radius 1 is 1.38 bits per heavy atom. The van der Waals surface area contributed by atoms with E-state index in [1.165, 1.54) is 0 Å². The van der Waals surface area contributed by atoms with E-state index in [0.29, 0.717) is 11.3 Å². The van der Waals surface area contributed by atoms with E-state index in [1.807, 2.05) is 6.07 Å². The third kappa shape index (κ3) is 1.86. The van der Waals surface area contributed by atoms with E-state index in [1.54, 1.807) is 24.3 Å². The van der Waals surface area contributed by atoms with Crippen LogP contribution in [-0.4, -0.2) is 17.9 Å². The first kappa shape index (κ1) is 10.2. The lowest BCUT2D eigenvalue weighted by atomic mass is 10.1. The van der Waals surface area contributed by atoms with E-state index in [4.69, 9.17) is 5.26 Å². The summed E-state index contributed by atoms with van der Waals surface area (Å²) in [5, 5.41) is 13.9. The summed E-state index contributed by atoms with van der Waals surface area (Å²) < 4.78 is 0. The number of nitrogens with one attached hydrogen (secondary N) is 2. The number of nitriles is 1. The van der Waals surface area contributed by atoms with E-state index in [2.05, 4.69) is 10.6 Å². The SMILES string of the molecule is N#Cc1ccccc1NC1CC(=O)NC1=O. The van der Waals surface area contributed by atoms with Crippen LogP contribution in [0.25, 0.3) is 0 Å². The van der Waals surface area contributed by atoms with Gasteiger partial charge in [-0.2, -0.15) is 5.26 Å². The van der Waals surface area contributed by atoms with Crippen molar-refractivity contribution in [3.63, 3.8) is 0 Å². The molecule has 1 saturated heterocycles. The molecule has 80 valence electrons. The van der Waals surface area contributed by atoms with Crippen molar-refractivity contribution in [2.75, 3.05) is 5.32 Å². The van der Waals surface area contributed by atoms with E-state index in [-0.39, 0.29) is 18.2 Å². The fourth-order valence-electron chi connectivity index (χ4n) is 1.56. The summed E-state index contributed by atoms with van der Waals surface area (Å²) in [7, 11) is 0. The molecule has 0 radical (unpaired) electrons. The van der Waals surface area contributed by atoms with E-state index < -0.39 is 6.04 Å². The van der Waals surface area contributed by atoms with Gasteiger partial charge in [0.15, 0.2) is 0 Å². The van der Waals surface area contributed by atoms with Crippen LogP contribution in [0.15, 0.2) is 24.3 Å². The Labute approximate surface area is 92.1 Å². The minimum absolute atomic E-state index is 0.110. The zero-order valence-corrected chi connectivity index (χ0v) is 8.36. The number of carbonyl (C=O) groups excluding carboxylic acids is 2. The van der Waals surface area contributed by atoms with Crippen LogP contribution < -0.4 is 10.6 Å². The normalized spacial score (nSPS) is 19.1. The molecule has 2 N–H and O–H groups in total. The summed E-state index contributed by atoms with van der Waals surface area (Å²) in [6.45, 7) is 0. The van der Waals surface area contributed by atoms with E-state index in [9.17, 15) is 9.59 Å². The molecule has 0 bridgehead atoms. The van der Waals surface area contributed by atoms with Crippen molar-refractivity contribution in [2.45, 2.75) is 12.5 Å². The van der Waals surface area contributed by atoms with Gasteiger partial charge in [-0.3, -0.25) is 14.9 Å². The van der Waals surface area contributed by atoms with Crippen molar-refractivity contribution in [3.05, 3.63) is 29.8 Å². The van der Waals surface area contributed by atoms with Crippen LogP contribution in [0, 0.1) is 11.3 Å². The van der Waals surface area contributed by atoms with Crippen molar-refractivity contribution in [1.82, 2.24) is 5.32 Å². The fourth-order valence-corrected chi connectivity index (χ4v) is 1.56. The zero-order valence-electron chi connectivity index (χ0n) is 8.36. The third-order valence-corrected chi connectivity index (χ3v) is 2.35. The molecular weight excluding hydrogens is 206 g/mol. The Hall–Kier alpha value is -2.35. The quantitative estimate of drug-likeness (QED) is 0.699. The molecule has 0 aromatic heterocycles. The number of benzene rings is 1. The fraction of sp³-hybridized carbons (Fsp3) is 0.182. The molecule has 1 aliphatic heterocycles. The second kappa shape index (κ2) is 4.03. The van der Waals surface area contributed by atoms with Crippen molar-refractivity contribution in [1.29, 1.82) is 5.26 Å². The molecule has 1 atom stereocenters. The van der Waals surface area contributed by atoms with E-state index in [0.717, 1.165) is 0 Å². The number of para-hydroxylation sites is 1. The number of anilines is 1. The second-order valence-electron chi connectivity index (χ2n) is 3.47. The molecule has 1 unspecified atom stereocenters. The molecule has 0 aliphatic carbocycles. The lowest BCUT2D eigenvalue weighted by molar-refractivity contribution is -0.124. The monoisotopic (exact) mass is 215 g/mol. The summed E-state index contributed by atoms with van der Waals surface area (Å²) in [6, 6.07) is 8.29. The number of imide groups is 1. The third-order valence-electron chi connectivity index (χ3n) is 2.35. The topological polar surface area (TPSA) is 82.0 Å². The molecule has 1 fully saturated rings. The minimum Gasteiger partial charge on any atom is -0.372 e. The second-order valence-corrected chi connectivity index (χ2v) is 3.47. The van der Waals surface area contributed by atoms with Crippen LogP contribution in [0.1, 0.15) is 12.0 Å². The summed E-state index contributed by atoms with van der Waals surface area (Å²) in [6.07, 6.45) is 0.110. The van der Waals surface area contributed by atoms with Crippen LogP contribution in [-0.2, 0) is 9.59 Å². The molecule has 1 aromatic carbocycles. The van der Waals surface area contributed by atoms with Crippen molar-refractivity contribution >= 4 is 17.5 Å². The van der Waals surface area contributed by atoms with Gasteiger partial charge in [-0.1, -0.05) is 12.1 Å². The average Bonchev–Trinajstić information content (AvgIpc) is 2.58. The molecule has 2 amide bonds. The molecule has 5 nitrogen and oxygen atoms in total.